The van der Waals surface area contributed by atoms with Crippen molar-refractivity contribution in [3.63, 3.8) is 0 Å². The first-order valence-electron chi connectivity index (χ1n) is 12.7. The summed E-state index contributed by atoms with van der Waals surface area (Å²) < 4.78 is 0. The van der Waals surface area contributed by atoms with Crippen LogP contribution < -0.4 is 4.90 Å². The van der Waals surface area contributed by atoms with Crippen LogP contribution in [0.25, 0.3) is 11.1 Å². The van der Waals surface area contributed by atoms with Gasteiger partial charge in [-0.2, -0.15) is 48.5 Å². The van der Waals surface area contributed by atoms with Crippen molar-refractivity contribution in [2.45, 2.75) is 39.5 Å². The number of allylic oxidation sites excluding steroid dienone is 3. The summed E-state index contributed by atoms with van der Waals surface area (Å²) in [7, 11) is 8.75. The molecule has 5 heteroatoms. The molecule has 2 aliphatic heterocycles. The third-order valence-electron chi connectivity index (χ3n) is 6.32. The molecule has 0 aromatic heterocycles. The molecule has 0 atom stereocenters. The molecule has 0 saturated carbocycles. The van der Waals surface area contributed by atoms with E-state index >= 15 is 0 Å². The number of para-hydroxylation sites is 1. The van der Waals surface area contributed by atoms with E-state index in [0.29, 0.717) is 11.8 Å². The average Bonchev–Trinajstić information content (AvgIpc) is 3.39. The Kier molecular flexibility index (Phi) is 11.4. The van der Waals surface area contributed by atoms with Gasteiger partial charge in [0.15, 0.2) is 0 Å². The Labute approximate surface area is 245 Å². The Balaban J connectivity index is 0.000000238. The van der Waals surface area contributed by atoms with Crippen LogP contribution in [0.4, 0.5) is 5.69 Å². The van der Waals surface area contributed by atoms with Gasteiger partial charge in [-0.15, -0.1) is 18.8 Å². The van der Waals surface area contributed by atoms with Gasteiger partial charge in [-0.1, -0.05) is 52.0 Å². The summed E-state index contributed by atoms with van der Waals surface area (Å²) in [6.07, 6.45) is 8.67. The molecule has 3 aromatic rings. The van der Waals surface area contributed by atoms with Crippen LogP contribution in [0.15, 0.2) is 103 Å². The summed E-state index contributed by atoms with van der Waals surface area (Å²) in [4.78, 5) is 6.70. The molecule has 5 rings (SSSR count). The molecule has 2 aliphatic rings. The predicted molar refractivity (Wildman–Crippen MR) is 158 cm³/mol. The first-order chi connectivity index (χ1) is 18.4. The molecule has 0 spiro atoms. The molecule has 0 bridgehead atoms. The van der Waals surface area contributed by atoms with E-state index in [4.69, 9.17) is 0 Å². The summed E-state index contributed by atoms with van der Waals surface area (Å²) in [6.45, 7) is 11.3. The second-order valence-corrected chi connectivity index (χ2v) is 9.87. The molecule has 0 saturated heterocycles. The maximum Gasteiger partial charge on any atom is -0.144 e. The smallest absolute Gasteiger partial charge is 0.144 e. The normalized spacial score (nSPS) is 13.8. The van der Waals surface area contributed by atoms with Gasteiger partial charge in [-0.05, 0) is 41.3 Å². The molecular formula is C33H36AuClN3-3. The van der Waals surface area contributed by atoms with Crippen molar-refractivity contribution >= 4 is 14.9 Å². The quantitative estimate of drug-likeness (QED) is 0.194. The van der Waals surface area contributed by atoms with Gasteiger partial charge in [0.1, 0.15) is 0 Å². The van der Waals surface area contributed by atoms with Gasteiger partial charge in [0, 0.05) is 25.5 Å². The number of halogens is 1. The molecule has 2 heterocycles. The second kappa shape index (κ2) is 14.5. The standard InChI is InChI=1S/C21H28N3.C12H8.Au.ClH/c1-15(2)18-10-8-11-19(16(3)4)21(18)23-13-17-9-7-12-20(22(5)6)24(17)14-23;1-3-7-11(8-4-1)12-9-5-2-6-10-12;;/h7-16H,1-6H3;1-7,9H;;1H/q-1;-2;+1;/p-1. The first-order valence-corrected chi connectivity index (χ1v) is 15.4. The van der Waals surface area contributed by atoms with Crippen molar-refractivity contribution in [1.82, 2.24) is 9.80 Å². The number of fused-ring (bicyclic) bond motifs is 1. The monoisotopic (exact) mass is 706 g/mol. The van der Waals surface area contributed by atoms with Crippen LogP contribution in [0.1, 0.15) is 50.7 Å². The van der Waals surface area contributed by atoms with Crippen LogP contribution in [-0.2, 0) is 20.0 Å². The van der Waals surface area contributed by atoms with Crippen molar-refractivity contribution in [3.8, 4) is 11.1 Å². The SMILES string of the molecule is CC(C)c1cccc(C(C)C)c1N1C=C2C=CC=C(N(C)C)N2[CH-]1.[Cl][Au].[c-]1ccccc1-c1[c-]cccc1. The Hall–Kier alpha value is -2.69. The van der Waals surface area contributed by atoms with E-state index < -0.39 is 0 Å². The number of hydrogen-bond donors (Lipinski definition) is 0. The van der Waals surface area contributed by atoms with Gasteiger partial charge in [0.25, 0.3) is 0 Å². The number of nitrogens with zero attached hydrogens (tertiary/aromatic N) is 3. The topological polar surface area (TPSA) is 9.72 Å². The van der Waals surface area contributed by atoms with E-state index in [2.05, 4.69) is 127 Å². The molecule has 3 nitrogen and oxygen atoms in total. The number of rotatable bonds is 5. The molecule has 204 valence electrons. The van der Waals surface area contributed by atoms with E-state index in [0.717, 1.165) is 11.1 Å². The van der Waals surface area contributed by atoms with Crippen molar-refractivity contribution in [1.29, 1.82) is 0 Å². The molecule has 0 amide bonds. The summed E-state index contributed by atoms with van der Waals surface area (Å²) in [5.74, 6) is 2.16. The summed E-state index contributed by atoms with van der Waals surface area (Å²) >= 11 is 1.75. The van der Waals surface area contributed by atoms with E-state index in [1.54, 1.807) is 20.0 Å². The van der Waals surface area contributed by atoms with Gasteiger partial charge in [0.2, 0.25) is 0 Å². The fraction of sp³-hybridized carbons (Fsp3) is 0.242. The van der Waals surface area contributed by atoms with Crippen molar-refractivity contribution in [2.75, 3.05) is 19.0 Å². The summed E-state index contributed by atoms with van der Waals surface area (Å²) in [5.41, 5.74) is 7.52. The van der Waals surface area contributed by atoms with Gasteiger partial charge < -0.3 is 14.7 Å². The minimum Gasteiger partial charge on any atom is -0.226 e. The Bertz CT molecular complexity index is 1180. The van der Waals surface area contributed by atoms with Crippen molar-refractivity contribution < 1.29 is 20.0 Å². The molecule has 0 radical (unpaired) electrons. The van der Waals surface area contributed by atoms with E-state index in [9.17, 15) is 0 Å². The van der Waals surface area contributed by atoms with Gasteiger partial charge in [-0.3, -0.25) is 0 Å². The minimum absolute atomic E-state index is 0.488. The number of benzene rings is 3. The third kappa shape index (κ3) is 7.24. The largest absolute Gasteiger partial charge is 0.226 e. The number of hydrogen-bond acceptors (Lipinski definition) is 3. The third-order valence-corrected chi connectivity index (χ3v) is 6.32. The van der Waals surface area contributed by atoms with Crippen LogP contribution in [0, 0.1) is 18.8 Å². The molecule has 0 fully saturated rings. The zero-order chi connectivity index (χ0) is 27.7. The Morgan fingerprint density at radius 1 is 0.816 bits per heavy atom. The maximum atomic E-state index is 4.58. The van der Waals surface area contributed by atoms with Crippen molar-refractivity contribution in [3.05, 3.63) is 133 Å². The average molecular weight is 707 g/mol. The van der Waals surface area contributed by atoms with Gasteiger partial charge in [-0.25, -0.2) is 11.1 Å². The van der Waals surface area contributed by atoms with E-state index in [-0.39, 0.29) is 0 Å². The molecule has 0 unspecified atom stereocenters. The van der Waals surface area contributed by atoms with Crippen molar-refractivity contribution in [2.24, 2.45) is 0 Å². The Morgan fingerprint density at radius 3 is 1.82 bits per heavy atom. The van der Waals surface area contributed by atoms with Crippen LogP contribution in [0.2, 0.25) is 0 Å². The zero-order valence-corrected chi connectivity index (χ0v) is 25.8. The molecular weight excluding hydrogens is 671 g/mol. The maximum absolute atomic E-state index is 4.58. The summed E-state index contributed by atoms with van der Waals surface area (Å²) in [5, 5.41) is 0. The second-order valence-electron chi connectivity index (χ2n) is 9.87. The predicted octanol–water partition coefficient (Wildman–Crippen LogP) is 8.63. The zero-order valence-electron chi connectivity index (χ0n) is 22.9. The Morgan fingerprint density at radius 2 is 1.37 bits per heavy atom. The molecule has 0 N–H and O–H groups in total. The van der Waals surface area contributed by atoms with Gasteiger partial charge in [0.05, 0.1) is 5.82 Å². The van der Waals surface area contributed by atoms with Crippen LogP contribution >= 0.6 is 9.19 Å². The van der Waals surface area contributed by atoms with E-state index in [1.165, 1.54) is 28.3 Å². The first kappa shape index (κ1) is 29.9. The molecule has 38 heavy (non-hydrogen) atoms. The summed E-state index contributed by atoms with van der Waals surface area (Å²) in [6, 6.07) is 28.8. The molecule has 0 aliphatic carbocycles. The fourth-order valence-electron chi connectivity index (χ4n) is 4.48. The van der Waals surface area contributed by atoms with Crippen LogP contribution in [0.5, 0.6) is 0 Å². The fourth-order valence-corrected chi connectivity index (χ4v) is 4.48. The molecule has 3 aromatic carbocycles. The van der Waals surface area contributed by atoms with Crippen LogP contribution in [0.3, 0.4) is 0 Å². The van der Waals surface area contributed by atoms with Gasteiger partial charge >= 0.3 is 29.2 Å². The van der Waals surface area contributed by atoms with Crippen LogP contribution in [-0.4, -0.2) is 23.9 Å². The van der Waals surface area contributed by atoms with E-state index in [1.807, 2.05) is 48.5 Å². The minimum atomic E-state index is 0.488. The number of anilines is 1.